The van der Waals surface area contributed by atoms with Crippen LogP contribution in [0, 0.1) is 0 Å². The monoisotopic (exact) mass is 443 g/mol. The Morgan fingerprint density at radius 1 is 1.06 bits per heavy atom. The quantitative estimate of drug-likeness (QED) is 0.644. The number of aliphatic hydroxyl groups is 1. The third kappa shape index (κ3) is 3.27. The fraction of sp³-hybridized carbons (Fsp3) is 0.407. The van der Waals surface area contributed by atoms with E-state index in [9.17, 15) is 9.90 Å². The number of carbonyl (C=O) groups is 1. The van der Waals surface area contributed by atoms with Crippen LogP contribution in [-0.4, -0.2) is 44.3 Å². The number of piperidine rings is 2. The third-order valence-electron chi connectivity index (χ3n) is 7.79. The van der Waals surface area contributed by atoms with Gasteiger partial charge in [0.2, 0.25) is 0 Å². The molecule has 1 N–H and O–H groups in total. The lowest BCUT2D eigenvalue weighted by atomic mass is 9.75. The Morgan fingerprint density at radius 2 is 1.67 bits per heavy atom. The number of nitrogens with zero attached hydrogens (tertiary/aromatic N) is 3. The molecule has 6 heteroatoms. The second-order valence-corrected chi connectivity index (χ2v) is 9.75. The van der Waals surface area contributed by atoms with Gasteiger partial charge in [0.1, 0.15) is 18.0 Å². The number of aryl methyl sites for hydroxylation is 1. The van der Waals surface area contributed by atoms with E-state index in [1.54, 1.807) is 6.20 Å². The summed E-state index contributed by atoms with van der Waals surface area (Å²) in [7, 11) is 1.91. The normalized spacial score (nSPS) is 26.1. The number of benzene rings is 2. The number of hydrogen-bond donors (Lipinski definition) is 1. The molecule has 6 rings (SSSR count). The molecule has 170 valence electrons. The average Bonchev–Trinajstić information content (AvgIpc) is 3.39. The number of imidazole rings is 1. The first-order valence-electron chi connectivity index (χ1n) is 11.9. The van der Waals surface area contributed by atoms with Crippen LogP contribution in [0.2, 0.25) is 0 Å². The van der Waals surface area contributed by atoms with E-state index in [0.29, 0.717) is 25.3 Å². The molecule has 2 saturated heterocycles. The number of hydrogen-bond acceptors (Lipinski definition) is 4. The molecular formula is C27H29N3O3. The summed E-state index contributed by atoms with van der Waals surface area (Å²) >= 11 is 0. The second kappa shape index (κ2) is 7.73. The lowest BCUT2D eigenvalue weighted by Crippen LogP contribution is -2.59. The number of ether oxygens (including phenoxy) is 1. The van der Waals surface area contributed by atoms with Gasteiger partial charge in [0.25, 0.3) is 0 Å². The van der Waals surface area contributed by atoms with Gasteiger partial charge in [0, 0.05) is 50.3 Å². The molecular weight excluding hydrogens is 414 g/mol. The van der Waals surface area contributed by atoms with Crippen LogP contribution in [0.25, 0.3) is 11.1 Å². The van der Waals surface area contributed by atoms with E-state index >= 15 is 0 Å². The highest BCUT2D eigenvalue weighted by molar-refractivity contribution is 5.79. The molecule has 0 radical (unpaired) electrons. The fourth-order valence-corrected chi connectivity index (χ4v) is 6.39. The van der Waals surface area contributed by atoms with E-state index in [1.807, 2.05) is 34.8 Å². The topological polar surface area (TPSA) is 67.6 Å². The summed E-state index contributed by atoms with van der Waals surface area (Å²) in [5, 5.41) is 11.5. The molecule has 2 aliphatic heterocycles. The molecule has 1 aliphatic carbocycles. The van der Waals surface area contributed by atoms with Crippen molar-refractivity contribution in [2.24, 2.45) is 7.05 Å². The minimum Gasteiger partial charge on any atom is -0.448 e. The van der Waals surface area contributed by atoms with Crippen LogP contribution in [0.5, 0.6) is 0 Å². The highest BCUT2D eigenvalue weighted by Gasteiger charge is 2.50. The molecule has 0 spiro atoms. The molecule has 1 aromatic heterocycles. The Hall–Kier alpha value is -3.12. The average molecular weight is 444 g/mol. The van der Waals surface area contributed by atoms with Gasteiger partial charge in [-0.2, -0.15) is 0 Å². The second-order valence-electron chi connectivity index (χ2n) is 9.75. The Labute approximate surface area is 193 Å². The predicted octanol–water partition coefficient (Wildman–Crippen LogP) is 4.57. The summed E-state index contributed by atoms with van der Waals surface area (Å²) in [6, 6.07) is 16.7. The molecule has 33 heavy (non-hydrogen) atoms. The van der Waals surface area contributed by atoms with Gasteiger partial charge in [-0.3, -0.25) is 0 Å². The van der Waals surface area contributed by atoms with Gasteiger partial charge < -0.3 is 19.3 Å². The lowest BCUT2D eigenvalue weighted by Gasteiger charge is -2.50. The minimum atomic E-state index is -1.01. The van der Waals surface area contributed by atoms with Crippen molar-refractivity contribution in [1.82, 2.24) is 14.5 Å². The largest absolute Gasteiger partial charge is 0.448 e. The molecule has 3 aromatic rings. The third-order valence-corrected chi connectivity index (χ3v) is 7.79. The van der Waals surface area contributed by atoms with Gasteiger partial charge in [-0.25, -0.2) is 9.78 Å². The Bertz CT molecular complexity index is 1140. The van der Waals surface area contributed by atoms with Gasteiger partial charge in [0.05, 0.1) is 0 Å². The summed E-state index contributed by atoms with van der Waals surface area (Å²) in [5.41, 5.74) is 3.88. The highest BCUT2D eigenvalue weighted by atomic mass is 16.6. The van der Waals surface area contributed by atoms with Gasteiger partial charge in [-0.15, -0.1) is 0 Å². The highest BCUT2D eigenvalue weighted by Crippen LogP contribution is 2.46. The standard InChI is InChI=1S/C27H29N3O3/c1-29-14-13-28-25(29)27(32)15-18-7-6-8-19(16-27)30(18)26(31)33-17-24-22-11-4-2-9-20(22)21-10-3-5-12-23(21)24/h2-5,9-14,18-19,24,32H,6-8,15-17H2,1H3. The van der Waals surface area contributed by atoms with E-state index < -0.39 is 5.60 Å². The first-order valence-corrected chi connectivity index (χ1v) is 11.9. The maximum absolute atomic E-state index is 13.4. The smallest absolute Gasteiger partial charge is 0.410 e. The van der Waals surface area contributed by atoms with Crippen LogP contribution in [0.4, 0.5) is 4.79 Å². The van der Waals surface area contributed by atoms with Crippen molar-refractivity contribution in [3.05, 3.63) is 77.9 Å². The molecule has 3 aliphatic rings. The van der Waals surface area contributed by atoms with Crippen LogP contribution >= 0.6 is 0 Å². The van der Waals surface area contributed by atoms with Crippen molar-refractivity contribution in [2.75, 3.05) is 6.61 Å². The fourth-order valence-electron chi connectivity index (χ4n) is 6.39. The number of fused-ring (bicyclic) bond motifs is 5. The molecule has 2 unspecified atom stereocenters. The van der Waals surface area contributed by atoms with Crippen LogP contribution in [0.1, 0.15) is 55.0 Å². The molecule has 3 heterocycles. The van der Waals surface area contributed by atoms with E-state index in [1.165, 1.54) is 22.3 Å². The number of carbonyl (C=O) groups excluding carboxylic acids is 1. The summed E-state index contributed by atoms with van der Waals surface area (Å²) in [6.45, 7) is 0.326. The molecule has 2 fully saturated rings. The Morgan fingerprint density at radius 3 is 2.24 bits per heavy atom. The zero-order valence-corrected chi connectivity index (χ0v) is 18.9. The zero-order chi connectivity index (χ0) is 22.6. The SMILES string of the molecule is Cn1ccnc1C1(O)CC2CCCC(C1)N2C(=O)OCC1c2ccccc2-c2ccccc21. The van der Waals surface area contributed by atoms with Crippen LogP contribution < -0.4 is 0 Å². The zero-order valence-electron chi connectivity index (χ0n) is 18.9. The lowest BCUT2D eigenvalue weighted by molar-refractivity contribution is -0.0948. The van der Waals surface area contributed by atoms with Crippen molar-refractivity contribution in [2.45, 2.75) is 55.7 Å². The first kappa shape index (κ1) is 20.5. The minimum absolute atomic E-state index is 0.0325. The Balaban J connectivity index is 1.21. The van der Waals surface area contributed by atoms with Gasteiger partial charge in [-0.05, 0) is 41.5 Å². The van der Waals surface area contributed by atoms with Crippen molar-refractivity contribution < 1.29 is 14.6 Å². The van der Waals surface area contributed by atoms with Crippen molar-refractivity contribution >= 4 is 6.09 Å². The van der Waals surface area contributed by atoms with E-state index in [4.69, 9.17) is 4.74 Å². The molecule has 6 nitrogen and oxygen atoms in total. The maximum atomic E-state index is 13.4. The van der Waals surface area contributed by atoms with Gasteiger partial charge in [0.15, 0.2) is 0 Å². The summed E-state index contributed by atoms with van der Waals surface area (Å²) in [5.74, 6) is 0.738. The van der Waals surface area contributed by atoms with Gasteiger partial charge in [-0.1, -0.05) is 48.5 Å². The first-order chi connectivity index (χ1) is 16.0. The van der Waals surface area contributed by atoms with Crippen molar-refractivity contribution in [3.8, 4) is 11.1 Å². The molecule has 1 amide bonds. The molecule has 2 aromatic carbocycles. The molecule has 0 saturated carbocycles. The van der Waals surface area contributed by atoms with Gasteiger partial charge >= 0.3 is 6.09 Å². The van der Waals surface area contributed by atoms with Crippen LogP contribution in [0.3, 0.4) is 0 Å². The molecule has 2 atom stereocenters. The predicted molar refractivity (Wildman–Crippen MR) is 125 cm³/mol. The van der Waals surface area contributed by atoms with Crippen LogP contribution in [-0.2, 0) is 17.4 Å². The number of rotatable bonds is 3. The van der Waals surface area contributed by atoms with Crippen molar-refractivity contribution in [3.63, 3.8) is 0 Å². The molecule has 2 bridgehead atoms. The van der Waals surface area contributed by atoms with E-state index in [0.717, 1.165) is 19.3 Å². The van der Waals surface area contributed by atoms with E-state index in [2.05, 4.69) is 41.4 Å². The van der Waals surface area contributed by atoms with Crippen LogP contribution in [0.15, 0.2) is 60.9 Å². The number of aromatic nitrogens is 2. The Kier molecular flexibility index (Phi) is 4.80. The summed E-state index contributed by atoms with van der Waals surface area (Å²) < 4.78 is 7.87. The summed E-state index contributed by atoms with van der Waals surface area (Å²) in [4.78, 5) is 19.7. The number of amides is 1. The van der Waals surface area contributed by atoms with Crippen molar-refractivity contribution in [1.29, 1.82) is 0 Å². The maximum Gasteiger partial charge on any atom is 0.410 e. The van der Waals surface area contributed by atoms with E-state index in [-0.39, 0.29) is 24.1 Å². The summed E-state index contributed by atoms with van der Waals surface area (Å²) in [6.07, 6.45) is 7.16.